The molecule has 3 aromatic rings. The number of halogens is 3. The maximum atomic E-state index is 13.3. The highest BCUT2D eigenvalue weighted by Crippen LogP contribution is 2.38. The molecule has 1 aliphatic heterocycles. The number of benzene rings is 2. The number of carbonyl (C=O) groups excluding carboxylic acids is 1. The second-order valence-electron chi connectivity index (χ2n) is 10.6. The smallest absolute Gasteiger partial charge is 0.382 e. The quantitative estimate of drug-likeness (QED) is 0.293. The zero-order chi connectivity index (χ0) is 29.1. The van der Waals surface area contributed by atoms with E-state index in [0.29, 0.717) is 51.9 Å². The van der Waals surface area contributed by atoms with E-state index in [-0.39, 0.29) is 30.3 Å². The molecule has 1 amide bonds. The third-order valence-electron chi connectivity index (χ3n) is 7.77. The molecule has 9 nitrogen and oxygen atoms in total. The molecule has 2 aliphatic rings. The first-order valence-electron chi connectivity index (χ1n) is 13.7. The molecule has 1 aliphatic carbocycles. The van der Waals surface area contributed by atoms with Gasteiger partial charge in [0.15, 0.2) is 0 Å². The van der Waals surface area contributed by atoms with Crippen molar-refractivity contribution < 1.29 is 27.6 Å². The topological polar surface area (TPSA) is 101 Å². The molecule has 2 heterocycles. The Labute approximate surface area is 235 Å². The van der Waals surface area contributed by atoms with Crippen LogP contribution in [0.25, 0.3) is 10.9 Å². The van der Waals surface area contributed by atoms with E-state index in [1.54, 1.807) is 4.90 Å². The Balaban J connectivity index is 1.05. The van der Waals surface area contributed by atoms with E-state index in [1.165, 1.54) is 11.6 Å². The van der Waals surface area contributed by atoms with Crippen LogP contribution in [0.5, 0.6) is 0 Å². The molecule has 218 valence electrons. The molecule has 1 saturated carbocycles. The fourth-order valence-corrected chi connectivity index (χ4v) is 5.50. The van der Waals surface area contributed by atoms with Gasteiger partial charge in [0.05, 0.1) is 16.5 Å². The van der Waals surface area contributed by atoms with Gasteiger partial charge in [0, 0.05) is 49.4 Å². The van der Waals surface area contributed by atoms with E-state index < -0.39 is 22.4 Å². The molecule has 12 heteroatoms. The van der Waals surface area contributed by atoms with Gasteiger partial charge in [0.2, 0.25) is 5.91 Å². The average molecular weight is 572 g/mol. The summed E-state index contributed by atoms with van der Waals surface area (Å²) in [5, 5.41) is 15.1. The summed E-state index contributed by atoms with van der Waals surface area (Å²) in [6.07, 6.45) is -2.32. The Morgan fingerprint density at radius 2 is 1.78 bits per heavy atom. The lowest BCUT2D eigenvalue weighted by molar-refractivity contribution is -0.388. The fraction of sp³-hybridized carbons (Fsp3) is 0.448. The second kappa shape index (κ2) is 11.9. The Morgan fingerprint density at radius 1 is 1.05 bits per heavy atom. The molecule has 2 aromatic carbocycles. The third kappa shape index (κ3) is 6.87. The van der Waals surface area contributed by atoms with Crippen LogP contribution in [0.2, 0.25) is 0 Å². The Kier molecular flexibility index (Phi) is 8.30. The number of aryl methyl sites for hydroxylation is 1. The number of rotatable bonds is 7. The maximum Gasteiger partial charge on any atom is 0.423 e. The van der Waals surface area contributed by atoms with E-state index in [2.05, 4.69) is 29.3 Å². The summed E-state index contributed by atoms with van der Waals surface area (Å²) in [7, 11) is 0. The predicted molar refractivity (Wildman–Crippen MR) is 149 cm³/mol. The minimum absolute atomic E-state index is 0.00632. The largest absolute Gasteiger partial charge is 0.423 e. The van der Waals surface area contributed by atoms with E-state index in [0.717, 1.165) is 28.9 Å². The van der Waals surface area contributed by atoms with E-state index >= 15 is 0 Å². The predicted octanol–water partition coefficient (Wildman–Crippen LogP) is 5.56. The summed E-state index contributed by atoms with van der Waals surface area (Å²) in [4.78, 5) is 31.5. The number of nitrogens with zero attached hydrogens (tertiary/aromatic N) is 4. The van der Waals surface area contributed by atoms with Gasteiger partial charge in [-0.15, -0.1) is 0 Å². The molecule has 2 fully saturated rings. The van der Waals surface area contributed by atoms with Crippen molar-refractivity contribution >= 4 is 34.0 Å². The van der Waals surface area contributed by atoms with Gasteiger partial charge in [-0.25, -0.2) is 4.98 Å². The number of fused-ring (bicyclic) bond motifs is 1. The first kappa shape index (κ1) is 28.6. The molecule has 0 unspecified atom stereocenters. The van der Waals surface area contributed by atoms with Gasteiger partial charge in [0.25, 0.3) is 5.69 Å². The minimum Gasteiger partial charge on any atom is -0.382 e. The highest BCUT2D eigenvalue weighted by molar-refractivity contribution is 5.81. The first-order chi connectivity index (χ1) is 19.6. The van der Waals surface area contributed by atoms with Crippen LogP contribution < -0.4 is 10.2 Å². The molecule has 1 saturated heterocycles. The number of carbonyl (C=O) groups is 1. The highest BCUT2D eigenvalue weighted by atomic mass is 19.4. The van der Waals surface area contributed by atoms with E-state index in [4.69, 9.17) is 9.72 Å². The number of hydrogen-bond donors (Lipinski definition) is 1. The lowest BCUT2D eigenvalue weighted by Gasteiger charge is -2.36. The van der Waals surface area contributed by atoms with Gasteiger partial charge >= 0.3 is 6.18 Å². The summed E-state index contributed by atoms with van der Waals surface area (Å²) in [6, 6.07) is 13.1. The number of ether oxygens (including phenoxy) is 1. The molecular formula is C29H32F3N5O4. The second-order valence-corrected chi connectivity index (χ2v) is 10.6. The van der Waals surface area contributed by atoms with Crippen molar-refractivity contribution in [2.24, 2.45) is 0 Å². The molecule has 0 bridgehead atoms. The standard InChI is InChI=1S/C29H32F3N5O4/c1-19-2-9-25-20(16-19)3-11-27(34-25)35-12-14-36(15-13-35)28(38)18-41-23-7-4-21(5-8-23)33-22-6-10-26(37(39)40)24(17-22)29(30,31)32/h2-3,6,9-11,16-17,21,23,33H,4-5,7-8,12-15,18H2,1H3/t21-,23-. The molecule has 5 rings (SSSR count). The number of alkyl halides is 3. The van der Waals surface area contributed by atoms with Gasteiger partial charge < -0.3 is 19.9 Å². The lowest BCUT2D eigenvalue weighted by Crippen LogP contribution is -2.50. The van der Waals surface area contributed by atoms with Crippen LogP contribution in [0.3, 0.4) is 0 Å². The van der Waals surface area contributed by atoms with Crippen LogP contribution >= 0.6 is 0 Å². The number of amides is 1. The zero-order valence-corrected chi connectivity index (χ0v) is 22.7. The van der Waals surface area contributed by atoms with E-state index in [1.807, 2.05) is 18.2 Å². The van der Waals surface area contributed by atoms with Gasteiger partial charge in [-0.05, 0) is 69.0 Å². The first-order valence-corrected chi connectivity index (χ1v) is 13.7. The Hall–Kier alpha value is -3.93. The number of hydrogen-bond acceptors (Lipinski definition) is 7. The molecular weight excluding hydrogens is 539 g/mol. The number of nitro benzene ring substituents is 1. The fourth-order valence-electron chi connectivity index (χ4n) is 5.50. The Bertz CT molecular complexity index is 1420. The van der Waals surface area contributed by atoms with Crippen LogP contribution in [-0.4, -0.2) is 65.6 Å². The molecule has 0 spiro atoms. The summed E-state index contributed by atoms with van der Waals surface area (Å²) in [5.74, 6) is 0.843. The number of piperazine rings is 1. The lowest BCUT2D eigenvalue weighted by atomic mass is 9.92. The number of aromatic nitrogens is 1. The molecule has 1 N–H and O–H groups in total. The van der Waals surface area contributed by atoms with Crippen molar-refractivity contribution in [3.63, 3.8) is 0 Å². The summed E-state index contributed by atoms with van der Waals surface area (Å²) in [5.41, 5.74) is 0.0924. The number of nitro groups is 1. The summed E-state index contributed by atoms with van der Waals surface area (Å²) >= 11 is 0. The van der Waals surface area contributed by atoms with Crippen molar-refractivity contribution in [2.75, 3.05) is 43.0 Å². The molecule has 0 radical (unpaired) electrons. The van der Waals surface area contributed by atoms with E-state index in [9.17, 15) is 28.1 Å². The maximum absolute atomic E-state index is 13.3. The van der Waals surface area contributed by atoms with Gasteiger partial charge in [-0.2, -0.15) is 13.2 Å². The van der Waals surface area contributed by atoms with Crippen LogP contribution in [0.15, 0.2) is 48.5 Å². The van der Waals surface area contributed by atoms with Crippen molar-refractivity contribution in [1.82, 2.24) is 9.88 Å². The van der Waals surface area contributed by atoms with Crippen molar-refractivity contribution in [3.8, 4) is 0 Å². The molecule has 1 aromatic heterocycles. The number of pyridine rings is 1. The highest BCUT2D eigenvalue weighted by Gasteiger charge is 2.38. The average Bonchev–Trinajstić information content (AvgIpc) is 2.96. The zero-order valence-electron chi connectivity index (χ0n) is 22.7. The van der Waals surface area contributed by atoms with Gasteiger partial charge in [-0.1, -0.05) is 11.6 Å². The number of nitrogens with one attached hydrogen (secondary N) is 1. The van der Waals surface area contributed by atoms with Crippen LogP contribution in [0, 0.1) is 17.0 Å². The number of anilines is 2. The van der Waals surface area contributed by atoms with Gasteiger partial charge in [-0.3, -0.25) is 14.9 Å². The van der Waals surface area contributed by atoms with Crippen molar-refractivity contribution in [1.29, 1.82) is 0 Å². The van der Waals surface area contributed by atoms with Crippen molar-refractivity contribution in [2.45, 2.75) is 50.9 Å². The van der Waals surface area contributed by atoms with Crippen LogP contribution in [0.4, 0.5) is 30.4 Å². The molecule has 41 heavy (non-hydrogen) atoms. The molecule has 0 atom stereocenters. The van der Waals surface area contributed by atoms with Gasteiger partial charge in [0.1, 0.15) is 18.0 Å². The van der Waals surface area contributed by atoms with Crippen LogP contribution in [0.1, 0.15) is 36.8 Å². The Morgan fingerprint density at radius 3 is 2.46 bits per heavy atom. The normalized spacial score (nSPS) is 19.8. The summed E-state index contributed by atoms with van der Waals surface area (Å²) < 4.78 is 45.7. The third-order valence-corrected chi connectivity index (χ3v) is 7.77. The minimum atomic E-state index is -4.82. The summed E-state index contributed by atoms with van der Waals surface area (Å²) in [6.45, 7) is 4.59. The van der Waals surface area contributed by atoms with Crippen LogP contribution in [-0.2, 0) is 15.7 Å². The SMILES string of the molecule is Cc1ccc2nc(N3CCN(C(=O)CO[C@H]4CC[C@H](Nc5ccc([N+](=O)[O-])c(C(F)(F)F)c5)CC4)CC3)ccc2c1. The van der Waals surface area contributed by atoms with Crippen molar-refractivity contribution in [3.05, 3.63) is 69.8 Å². The monoisotopic (exact) mass is 571 g/mol.